The Morgan fingerprint density at radius 2 is 1.90 bits per heavy atom. The first-order valence-electron chi connectivity index (χ1n) is 9.34. The molecule has 3 rings (SSSR count). The van der Waals surface area contributed by atoms with Crippen molar-refractivity contribution < 1.29 is 18.0 Å². The van der Waals surface area contributed by atoms with Gasteiger partial charge in [-0.3, -0.25) is 9.59 Å². The van der Waals surface area contributed by atoms with Crippen LogP contribution in [0.3, 0.4) is 0 Å². The largest absolute Gasteiger partial charge is 0.348 e. The minimum absolute atomic E-state index is 0.0863. The number of hydrogen-bond acceptors (Lipinski definition) is 6. The molecule has 2 aromatic heterocycles. The SMILES string of the molecule is CC(=O)NC(CC(=O)N1CCN(S(=O)(=O)c2cc(C)sc2C)CC1)c1cccs1. The molecule has 2 amide bonds. The molecule has 1 aliphatic rings. The lowest BCUT2D eigenvalue weighted by molar-refractivity contribution is -0.133. The predicted octanol–water partition coefficient (Wildman–Crippen LogP) is 2.53. The van der Waals surface area contributed by atoms with Crippen molar-refractivity contribution in [2.75, 3.05) is 26.2 Å². The van der Waals surface area contributed by atoms with Gasteiger partial charge in [0.1, 0.15) is 0 Å². The minimum atomic E-state index is -3.54. The number of amides is 2. The standard InChI is InChI=1S/C19H25N3O4S3/c1-13-11-18(14(2)28-13)29(25,26)22-8-6-21(7-9-22)19(24)12-16(20-15(3)23)17-5-4-10-27-17/h4-5,10-11,16H,6-9,12H2,1-3H3,(H,20,23). The van der Waals surface area contributed by atoms with Crippen LogP contribution < -0.4 is 5.32 Å². The molecular formula is C19H25N3O4S3. The van der Waals surface area contributed by atoms with Crippen molar-refractivity contribution in [1.82, 2.24) is 14.5 Å². The van der Waals surface area contributed by atoms with Crippen molar-refractivity contribution in [2.24, 2.45) is 0 Å². The third-order valence-corrected chi connectivity index (χ3v) is 8.95. The second kappa shape index (κ2) is 8.95. The summed E-state index contributed by atoms with van der Waals surface area (Å²) >= 11 is 2.97. The fraction of sp³-hybridized carbons (Fsp3) is 0.474. The van der Waals surface area contributed by atoms with Crippen LogP contribution in [0.2, 0.25) is 0 Å². The van der Waals surface area contributed by atoms with Crippen molar-refractivity contribution in [2.45, 2.75) is 38.1 Å². The molecule has 1 unspecified atom stereocenters. The van der Waals surface area contributed by atoms with Crippen molar-refractivity contribution in [3.63, 3.8) is 0 Å². The first-order valence-corrected chi connectivity index (χ1v) is 12.5. The topological polar surface area (TPSA) is 86.8 Å². The Balaban J connectivity index is 1.63. The normalized spacial score (nSPS) is 16.6. The smallest absolute Gasteiger partial charge is 0.244 e. The van der Waals surface area contributed by atoms with Crippen LogP contribution in [0.4, 0.5) is 0 Å². The van der Waals surface area contributed by atoms with Crippen LogP contribution >= 0.6 is 22.7 Å². The van der Waals surface area contributed by atoms with E-state index in [0.29, 0.717) is 18.0 Å². The Hall–Kier alpha value is -1.75. The number of rotatable bonds is 6. The summed E-state index contributed by atoms with van der Waals surface area (Å²) in [6, 6.07) is 5.13. The Bertz CT molecular complexity index is 975. The van der Waals surface area contributed by atoms with Crippen molar-refractivity contribution in [1.29, 1.82) is 0 Å². The van der Waals surface area contributed by atoms with Gasteiger partial charge < -0.3 is 10.2 Å². The summed E-state index contributed by atoms with van der Waals surface area (Å²) in [5.41, 5.74) is 0. The van der Waals surface area contributed by atoms with E-state index in [-0.39, 0.29) is 37.4 Å². The molecule has 10 heteroatoms. The quantitative estimate of drug-likeness (QED) is 0.725. The van der Waals surface area contributed by atoms with Gasteiger partial charge >= 0.3 is 0 Å². The molecule has 0 spiro atoms. The molecular weight excluding hydrogens is 430 g/mol. The third-order valence-electron chi connectivity index (χ3n) is 4.85. The van der Waals surface area contributed by atoms with E-state index >= 15 is 0 Å². The minimum Gasteiger partial charge on any atom is -0.348 e. The molecule has 0 bridgehead atoms. The number of thiophene rings is 2. The summed E-state index contributed by atoms with van der Waals surface area (Å²) < 4.78 is 27.3. The van der Waals surface area contributed by atoms with E-state index in [1.165, 1.54) is 33.9 Å². The monoisotopic (exact) mass is 455 g/mol. The zero-order valence-corrected chi connectivity index (χ0v) is 19.1. The molecule has 1 N–H and O–H groups in total. The highest BCUT2D eigenvalue weighted by atomic mass is 32.2. The Morgan fingerprint density at radius 1 is 1.21 bits per heavy atom. The van der Waals surface area contributed by atoms with Crippen LogP contribution in [0, 0.1) is 13.8 Å². The number of carbonyl (C=O) groups excluding carboxylic acids is 2. The van der Waals surface area contributed by atoms with Gasteiger partial charge in [-0.1, -0.05) is 6.07 Å². The van der Waals surface area contributed by atoms with Crippen LogP contribution in [0.1, 0.15) is 34.0 Å². The number of nitrogens with one attached hydrogen (secondary N) is 1. The zero-order chi connectivity index (χ0) is 21.2. The van der Waals surface area contributed by atoms with E-state index in [9.17, 15) is 18.0 Å². The lowest BCUT2D eigenvalue weighted by Crippen LogP contribution is -2.51. The second-order valence-corrected chi connectivity index (χ2v) is 11.4. The maximum atomic E-state index is 12.9. The summed E-state index contributed by atoms with van der Waals surface area (Å²) in [4.78, 5) is 29.0. The number of carbonyl (C=O) groups is 2. The van der Waals surface area contributed by atoms with Gasteiger partial charge in [-0.15, -0.1) is 22.7 Å². The van der Waals surface area contributed by atoms with Crippen molar-refractivity contribution in [3.05, 3.63) is 38.2 Å². The van der Waals surface area contributed by atoms with E-state index in [1.807, 2.05) is 31.4 Å². The molecule has 0 aromatic carbocycles. The molecule has 1 fully saturated rings. The zero-order valence-electron chi connectivity index (χ0n) is 16.7. The van der Waals surface area contributed by atoms with Crippen LogP contribution in [0.5, 0.6) is 0 Å². The van der Waals surface area contributed by atoms with Crippen LogP contribution in [0.15, 0.2) is 28.5 Å². The lowest BCUT2D eigenvalue weighted by atomic mass is 10.1. The molecule has 0 saturated carbocycles. The maximum absolute atomic E-state index is 12.9. The predicted molar refractivity (Wildman–Crippen MR) is 115 cm³/mol. The number of piperazine rings is 1. The number of sulfonamides is 1. The molecule has 1 aliphatic heterocycles. The first-order chi connectivity index (χ1) is 13.7. The van der Waals surface area contributed by atoms with Gasteiger partial charge in [0.15, 0.2) is 0 Å². The molecule has 0 radical (unpaired) electrons. The average molecular weight is 456 g/mol. The maximum Gasteiger partial charge on any atom is 0.244 e. The van der Waals surface area contributed by atoms with Crippen LogP contribution in [-0.4, -0.2) is 55.6 Å². The van der Waals surface area contributed by atoms with E-state index in [2.05, 4.69) is 5.32 Å². The van der Waals surface area contributed by atoms with E-state index < -0.39 is 10.0 Å². The first kappa shape index (κ1) is 21.9. The van der Waals surface area contributed by atoms with Gasteiger partial charge in [0.2, 0.25) is 21.8 Å². The van der Waals surface area contributed by atoms with Gasteiger partial charge in [0, 0.05) is 47.7 Å². The number of aryl methyl sites for hydroxylation is 2. The second-order valence-electron chi connectivity index (χ2n) is 7.04. The highest BCUT2D eigenvalue weighted by Gasteiger charge is 2.32. The lowest BCUT2D eigenvalue weighted by Gasteiger charge is -2.34. The molecule has 1 atom stereocenters. The molecule has 2 aromatic rings. The molecule has 1 saturated heterocycles. The van der Waals surface area contributed by atoms with Crippen molar-refractivity contribution in [3.8, 4) is 0 Å². The van der Waals surface area contributed by atoms with Gasteiger partial charge in [-0.25, -0.2) is 8.42 Å². The van der Waals surface area contributed by atoms with Crippen molar-refractivity contribution >= 4 is 44.5 Å². The van der Waals surface area contributed by atoms with E-state index in [1.54, 1.807) is 11.0 Å². The fourth-order valence-corrected chi connectivity index (χ4v) is 7.17. The molecule has 29 heavy (non-hydrogen) atoms. The Kier molecular flexibility index (Phi) is 6.77. The summed E-state index contributed by atoms with van der Waals surface area (Å²) in [6.45, 7) is 6.37. The highest BCUT2D eigenvalue weighted by Crippen LogP contribution is 2.28. The fourth-order valence-electron chi connectivity index (χ4n) is 3.44. The summed E-state index contributed by atoms with van der Waals surface area (Å²) in [5, 5.41) is 4.74. The highest BCUT2D eigenvalue weighted by molar-refractivity contribution is 7.89. The van der Waals surface area contributed by atoms with Gasteiger partial charge in [0.05, 0.1) is 17.4 Å². The average Bonchev–Trinajstić information content (AvgIpc) is 3.30. The van der Waals surface area contributed by atoms with Gasteiger partial charge in [0.25, 0.3) is 0 Å². The Morgan fingerprint density at radius 3 is 2.41 bits per heavy atom. The van der Waals surface area contributed by atoms with E-state index in [4.69, 9.17) is 0 Å². The molecule has 158 valence electrons. The summed E-state index contributed by atoms with van der Waals surface area (Å²) in [6.07, 6.45) is 0.162. The summed E-state index contributed by atoms with van der Waals surface area (Å²) in [5.74, 6) is -0.273. The Labute approximate surface area is 179 Å². The number of hydrogen-bond donors (Lipinski definition) is 1. The van der Waals surface area contributed by atoms with Gasteiger partial charge in [-0.2, -0.15) is 4.31 Å². The van der Waals surface area contributed by atoms with Crippen LogP contribution in [0.25, 0.3) is 0 Å². The third kappa shape index (κ3) is 5.06. The summed E-state index contributed by atoms with van der Waals surface area (Å²) in [7, 11) is -3.54. The van der Waals surface area contributed by atoms with Gasteiger partial charge in [-0.05, 0) is 31.4 Å². The molecule has 0 aliphatic carbocycles. The van der Waals surface area contributed by atoms with Crippen LogP contribution in [-0.2, 0) is 19.6 Å². The molecule has 7 nitrogen and oxygen atoms in total. The molecule has 3 heterocycles. The number of nitrogens with zero attached hydrogens (tertiary/aromatic N) is 2. The van der Waals surface area contributed by atoms with E-state index in [0.717, 1.165) is 14.6 Å².